The molecule has 0 heterocycles. The summed E-state index contributed by atoms with van der Waals surface area (Å²) in [6.07, 6.45) is 1.94. The molecule has 0 radical (unpaired) electrons. The van der Waals surface area contributed by atoms with Crippen molar-refractivity contribution in [2.45, 2.75) is 32.7 Å². The Labute approximate surface area is 98.7 Å². The number of nitrogens with one attached hydrogen (secondary N) is 1. The summed E-state index contributed by atoms with van der Waals surface area (Å²) in [6.45, 7) is 5.64. The third-order valence-electron chi connectivity index (χ3n) is 2.82. The molecule has 2 unspecified atom stereocenters. The van der Waals surface area contributed by atoms with Gasteiger partial charge >= 0.3 is 0 Å². The minimum Gasteiger partial charge on any atom is -0.396 e. The van der Waals surface area contributed by atoms with Crippen LogP contribution in [0.25, 0.3) is 0 Å². The molecule has 2 heteroatoms. The number of hydrogen-bond acceptors (Lipinski definition) is 2. The lowest BCUT2D eigenvalue weighted by Crippen LogP contribution is -2.32. The van der Waals surface area contributed by atoms with E-state index in [4.69, 9.17) is 5.11 Å². The smallest absolute Gasteiger partial charge is 0.0434 e. The zero-order chi connectivity index (χ0) is 11.8. The summed E-state index contributed by atoms with van der Waals surface area (Å²) in [6, 6.07) is 11.0. The second-order valence-corrected chi connectivity index (χ2v) is 4.62. The van der Waals surface area contributed by atoms with Crippen molar-refractivity contribution in [2.75, 3.05) is 13.2 Å². The van der Waals surface area contributed by atoms with Gasteiger partial charge in [-0.15, -0.1) is 0 Å². The van der Waals surface area contributed by atoms with E-state index in [1.165, 1.54) is 5.56 Å². The standard InChI is InChI=1S/C14H23NO/c1-12(8-9-16)11-15-13(2)10-14-6-4-3-5-7-14/h3-7,12-13,15-16H,8-11H2,1-2H3. The largest absolute Gasteiger partial charge is 0.396 e. The predicted octanol–water partition coefficient (Wildman–Crippen LogP) is 2.23. The maximum Gasteiger partial charge on any atom is 0.0434 e. The lowest BCUT2D eigenvalue weighted by atomic mass is 10.1. The van der Waals surface area contributed by atoms with Crippen LogP contribution in [0.4, 0.5) is 0 Å². The van der Waals surface area contributed by atoms with Gasteiger partial charge in [-0.25, -0.2) is 0 Å². The SMILES string of the molecule is CC(CCO)CNC(C)Cc1ccccc1. The summed E-state index contributed by atoms with van der Waals surface area (Å²) in [5.74, 6) is 0.545. The maximum absolute atomic E-state index is 8.81. The zero-order valence-corrected chi connectivity index (χ0v) is 10.3. The van der Waals surface area contributed by atoms with Gasteiger partial charge in [0, 0.05) is 12.6 Å². The topological polar surface area (TPSA) is 32.3 Å². The van der Waals surface area contributed by atoms with Crippen molar-refractivity contribution in [1.29, 1.82) is 0 Å². The van der Waals surface area contributed by atoms with Crippen molar-refractivity contribution >= 4 is 0 Å². The number of hydrogen-bond donors (Lipinski definition) is 2. The Morgan fingerprint density at radius 2 is 1.88 bits per heavy atom. The molecule has 0 spiro atoms. The Balaban J connectivity index is 2.23. The van der Waals surface area contributed by atoms with Crippen molar-refractivity contribution in [3.05, 3.63) is 35.9 Å². The van der Waals surface area contributed by atoms with Crippen LogP contribution in [-0.4, -0.2) is 24.3 Å². The van der Waals surface area contributed by atoms with Gasteiger partial charge in [0.05, 0.1) is 0 Å². The Morgan fingerprint density at radius 1 is 1.19 bits per heavy atom. The lowest BCUT2D eigenvalue weighted by molar-refractivity contribution is 0.258. The number of benzene rings is 1. The Hall–Kier alpha value is -0.860. The number of aliphatic hydroxyl groups is 1. The van der Waals surface area contributed by atoms with Gasteiger partial charge in [-0.1, -0.05) is 37.3 Å². The zero-order valence-electron chi connectivity index (χ0n) is 10.3. The third kappa shape index (κ3) is 5.29. The highest BCUT2D eigenvalue weighted by molar-refractivity contribution is 5.15. The van der Waals surface area contributed by atoms with Crippen molar-refractivity contribution in [2.24, 2.45) is 5.92 Å². The van der Waals surface area contributed by atoms with E-state index in [1.807, 2.05) is 6.07 Å². The first-order valence-corrected chi connectivity index (χ1v) is 6.10. The summed E-state index contributed by atoms with van der Waals surface area (Å²) in [7, 11) is 0. The van der Waals surface area contributed by atoms with Crippen molar-refractivity contribution in [1.82, 2.24) is 5.32 Å². The van der Waals surface area contributed by atoms with E-state index in [-0.39, 0.29) is 6.61 Å². The number of aliphatic hydroxyl groups excluding tert-OH is 1. The summed E-state index contributed by atoms with van der Waals surface area (Å²) in [5, 5.41) is 12.3. The van der Waals surface area contributed by atoms with E-state index in [0.29, 0.717) is 12.0 Å². The molecule has 2 N–H and O–H groups in total. The molecule has 2 nitrogen and oxygen atoms in total. The van der Waals surface area contributed by atoms with Crippen LogP contribution in [0.1, 0.15) is 25.8 Å². The van der Waals surface area contributed by atoms with Crippen LogP contribution in [0.2, 0.25) is 0 Å². The monoisotopic (exact) mass is 221 g/mol. The van der Waals surface area contributed by atoms with Gasteiger partial charge in [0.1, 0.15) is 0 Å². The molecule has 1 aromatic rings. The number of rotatable bonds is 7. The summed E-state index contributed by atoms with van der Waals surface area (Å²) in [4.78, 5) is 0. The molecule has 16 heavy (non-hydrogen) atoms. The van der Waals surface area contributed by atoms with Crippen LogP contribution in [0, 0.1) is 5.92 Å². The molecule has 0 fully saturated rings. The van der Waals surface area contributed by atoms with Crippen molar-refractivity contribution in [3.8, 4) is 0 Å². The molecule has 0 aliphatic rings. The summed E-state index contributed by atoms with van der Waals surface area (Å²) >= 11 is 0. The minimum absolute atomic E-state index is 0.288. The Kier molecular flexibility index (Phi) is 6.12. The van der Waals surface area contributed by atoms with Crippen LogP contribution in [0.3, 0.4) is 0 Å². The van der Waals surface area contributed by atoms with Crippen molar-refractivity contribution < 1.29 is 5.11 Å². The fourth-order valence-corrected chi connectivity index (χ4v) is 1.76. The third-order valence-corrected chi connectivity index (χ3v) is 2.82. The van der Waals surface area contributed by atoms with Crippen LogP contribution >= 0.6 is 0 Å². The van der Waals surface area contributed by atoms with E-state index in [9.17, 15) is 0 Å². The first kappa shape index (κ1) is 13.2. The predicted molar refractivity (Wildman–Crippen MR) is 68.5 cm³/mol. The Bertz CT molecular complexity index is 273. The van der Waals surface area contributed by atoms with Gasteiger partial charge in [-0.3, -0.25) is 0 Å². The van der Waals surface area contributed by atoms with Crippen molar-refractivity contribution in [3.63, 3.8) is 0 Å². The summed E-state index contributed by atoms with van der Waals surface area (Å²) < 4.78 is 0. The first-order chi connectivity index (χ1) is 7.72. The van der Waals surface area contributed by atoms with E-state index in [2.05, 4.69) is 43.4 Å². The molecule has 2 atom stereocenters. The van der Waals surface area contributed by atoms with Gasteiger partial charge in [0.2, 0.25) is 0 Å². The highest BCUT2D eigenvalue weighted by atomic mass is 16.3. The molecule has 0 aromatic heterocycles. The fourth-order valence-electron chi connectivity index (χ4n) is 1.76. The molecule has 0 amide bonds. The van der Waals surface area contributed by atoms with Gasteiger partial charge < -0.3 is 10.4 Å². The van der Waals surface area contributed by atoms with E-state index < -0.39 is 0 Å². The van der Waals surface area contributed by atoms with Gasteiger partial charge in [-0.2, -0.15) is 0 Å². The molecule has 0 saturated heterocycles. The van der Waals surface area contributed by atoms with Crippen LogP contribution in [0.15, 0.2) is 30.3 Å². The van der Waals surface area contributed by atoms with E-state index in [0.717, 1.165) is 19.4 Å². The molecular formula is C14H23NO. The van der Waals surface area contributed by atoms with Gasteiger partial charge in [0.25, 0.3) is 0 Å². The average Bonchev–Trinajstić information content (AvgIpc) is 2.28. The first-order valence-electron chi connectivity index (χ1n) is 6.10. The average molecular weight is 221 g/mol. The molecule has 0 bridgehead atoms. The van der Waals surface area contributed by atoms with Gasteiger partial charge in [-0.05, 0) is 37.8 Å². The molecule has 90 valence electrons. The van der Waals surface area contributed by atoms with Crippen LogP contribution in [0.5, 0.6) is 0 Å². The van der Waals surface area contributed by atoms with E-state index in [1.54, 1.807) is 0 Å². The minimum atomic E-state index is 0.288. The molecule has 0 aliphatic carbocycles. The summed E-state index contributed by atoms with van der Waals surface area (Å²) in [5.41, 5.74) is 1.37. The lowest BCUT2D eigenvalue weighted by Gasteiger charge is -2.17. The normalized spacial score (nSPS) is 14.7. The second kappa shape index (κ2) is 7.42. The quantitative estimate of drug-likeness (QED) is 0.740. The molecule has 0 saturated carbocycles. The fraction of sp³-hybridized carbons (Fsp3) is 0.571. The molecule has 0 aliphatic heterocycles. The second-order valence-electron chi connectivity index (χ2n) is 4.62. The highest BCUT2D eigenvalue weighted by Gasteiger charge is 2.05. The van der Waals surface area contributed by atoms with E-state index >= 15 is 0 Å². The molecular weight excluding hydrogens is 198 g/mol. The molecule has 1 aromatic carbocycles. The maximum atomic E-state index is 8.81. The van der Waals surface area contributed by atoms with Crippen LogP contribution in [-0.2, 0) is 6.42 Å². The highest BCUT2D eigenvalue weighted by Crippen LogP contribution is 2.04. The molecule has 1 rings (SSSR count). The van der Waals surface area contributed by atoms with Gasteiger partial charge in [0.15, 0.2) is 0 Å². The Morgan fingerprint density at radius 3 is 2.50 bits per heavy atom. The van der Waals surface area contributed by atoms with Crippen LogP contribution < -0.4 is 5.32 Å².